The number of hydrazine groups is 1. The highest BCUT2D eigenvalue weighted by Crippen LogP contribution is 2.31. The van der Waals surface area contributed by atoms with Crippen LogP contribution < -0.4 is 10.9 Å². The average molecular weight is 403 g/mol. The van der Waals surface area contributed by atoms with Gasteiger partial charge in [-0.1, -0.05) is 30.3 Å². The molecule has 0 fully saturated rings. The van der Waals surface area contributed by atoms with Crippen LogP contribution in [0.1, 0.15) is 23.4 Å². The number of carbonyl (C=O) groups excluding carboxylic acids is 1. The van der Waals surface area contributed by atoms with Gasteiger partial charge in [-0.15, -0.1) is 0 Å². The van der Waals surface area contributed by atoms with Crippen molar-refractivity contribution in [2.75, 3.05) is 5.43 Å². The molecule has 0 atom stereocenters. The maximum atomic E-state index is 13.9. The maximum absolute atomic E-state index is 13.9. The Labute approximate surface area is 173 Å². The molecule has 152 valence electrons. The zero-order valence-electron chi connectivity index (χ0n) is 16.8. The van der Waals surface area contributed by atoms with Crippen LogP contribution in [0.15, 0.2) is 54.6 Å². The van der Waals surface area contributed by atoms with Gasteiger partial charge < -0.3 is 4.98 Å². The van der Waals surface area contributed by atoms with Crippen molar-refractivity contribution in [2.45, 2.75) is 26.7 Å². The smallest absolute Gasteiger partial charge is 0.242 e. The zero-order valence-corrected chi connectivity index (χ0v) is 16.8. The summed E-state index contributed by atoms with van der Waals surface area (Å²) in [6.45, 7) is 3.73. The number of benzene rings is 2. The summed E-state index contributed by atoms with van der Waals surface area (Å²) >= 11 is 0. The van der Waals surface area contributed by atoms with E-state index < -0.39 is 0 Å². The molecule has 2 heterocycles. The number of anilines is 1. The lowest BCUT2D eigenvalue weighted by Crippen LogP contribution is -2.30. The second kappa shape index (κ2) is 8.32. The van der Waals surface area contributed by atoms with Gasteiger partial charge in [0.25, 0.3) is 0 Å². The molecule has 6 nitrogen and oxygen atoms in total. The van der Waals surface area contributed by atoms with Gasteiger partial charge in [0, 0.05) is 34.4 Å². The lowest BCUT2D eigenvalue weighted by Gasteiger charge is -2.09. The second-order valence-corrected chi connectivity index (χ2v) is 7.18. The van der Waals surface area contributed by atoms with Crippen LogP contribution in [-0.2, 0) is 11.2 Å². The molecule has 0 aliphatic heterocycles. The number of halogens is 1. The minimum atomic E-state index is -0.305. The third kappa shape index (κ3) is 4.30. The average Bonchev–Trinajstić information content (AvgIpc) is 3.08. The number of rotatable bonds is 6. The highest BCUT2D eigenvalue weighted by Gasteiger charge is 2.15. The minimum Gasteiger partial charge on any atom is -0.354 e. The Balaban J connectivity index is 1.52. The van der Waals surface area contributed by atoms with Crippen molar-refractivity contribution in [3.8, 4) is 11.3 Å². The Hall–Kier alpha value is -3.74. The van der Waals surface area contributed by atoms with E-state index in [0.717, 1.165) is 39.1 Å². The zero-order chi connectivity index (χ0) is 21.1. The number of nitrogens with one attached hydrogen (secondary N) is 3. The highest BCUT2D eigenvalue weighted by molar-refractivity contribution is 5.91. The number of aromatic nitrogens is 3. The molecule has 4 aromatic rings. The molecule has 0 saturated carbocycles. The number of aromatic amines is 1. The monoisotopic (exact) mass is 403 g/mol. The number of fused-ring (bicyclic) bond motifs is 1. The van der Waals surface area contributed by atoms with E-state index in [0.29, 0.717) is 12.4 Å². The van der Waals surface area contributed by atoms with Crippen molar-refractivity contribution in [3.05, 3.63) is 77.4 Å². The van der Waals surface area contributed by atoms with Crippen LogP contribution in [0.25, 0.3) is 22.2 Å². The van der Waals surface area contributed by atoms with Gasteiger partial charge >= 0.3 is 0 Å². The number of hydrogen-bond donors (Lipinski definition) is 3. The van der Waals surface area contributed by atoms with E-state index in [1.807, 2.05) is 50.2 Å². The summed E-state index contributed by atoms with van der Waals surface area (Å²) in [6.07, 6.45) is 0.677. The van der Waals surface area contributed by atoms with E-state index in [2.05, 4.69) is 25.8 Å². The quantitative estimate of drug-likeness (QED) is 0.415. The number of nitrogens with zero attached hydrogens (tertiary/aromatic N) is 2. The Bertz CT molecular complexity index is 1180. The SMILES string of the molecule is Cc1cc(C)nc(NNC(=O)CCc2c(-c3ccccc3)[nH]c3ccc(F)cc23)n1. The number of amides is 1. The van der Waals surface area contributed by atoms with Gasteiger partial charge in [0.05, 0.1) is 0 Å². The fourth-order valence-electron chi connectivity index (χ4n) is 3.54. The fraction of sp³-hybridized carbons (Fsp3) is 0.174. The van der Waals surface area contributed by atoms with Crippen LogP contribution >= 0.6 is 0 Å². The van der Waals surface area contributed by atoms with Gasteiger partial charge in [0.15, 0.2) is 0 Å². The van der Waals surface area contributed by atoms with Crippen LogP contribution in [0, 0.1) is 19.7 Å². The first-order valence-electron chi connectivity index (χ1n) is 9.72. The third-order valence-corrected chi connectivity index (χ3v) is 4.83. The van der Waals surface area contributed by atoms with Crippen LogP contribution in [-0.4, -0.2) is 20.9 Å². The summed E-state index contributed by atoms with van der Waals surface area (Å²) in [6, 6.07) is 16.3. The van der Waals surface area contributed by atoms with Crippen molar-refractivity contribution in [2.24, 2.45) is 0 Å². The lowest BCUT2D eigenvalue weighted by atomic mass is 10.0. The molecule has 0 saturated heterocycles. The Morgan fingerprint density at radius 1 is 1.03 bits per heavy atom. The van der Waals surface area contributed by atoms with E-state index >= 15 is 0 Å². The van der Waals surface area contributed by atoms with E-state index in [1.165, 1.54) is 12.1 Å². The number of carbonyl (C=O) groups is 1. The summed E-state index contributed by atoms with van der Waals surface area (Å²) in [5.41, 5.74) is 10.7. The lowest BCUT2D eigenvalue weighted by molar-refractivity contribution is -0.120. The summed E-state index contributed by atoms with van der Waals surface area (Å²) in [5, 5.41) is 0.784. The standard InChI is InChI=1S/C23H22FN5O/c1-14-12-15(2)26-23(25-14)29-28-21(30)11-9-18-19-13-17(24)8-10-20(19)27-22(18)16-6-4-3-5-7-16/h3-8,10,12-13,27H,9,11H2,1-2H3,(H,28,30)(H,25,26,29). The van der Waals surface area contributed by atoms with E-state index in [9.17, 15) is 9.18 Å². The predicted molar refractivity (Wildman–Crippen MR) is 115 cm³/mol. The first-order chi connectivity index (χ1) is 14.5. The first kappa shape index (κ1) is 19.6. The van der Waals surface area contributed by atoms with E-state index in [1.54, 1.807) is 6.07 Å². The van der Waals surface area contributed by atoms with Crippen molar-refractivity contribution >= 4 is 22.8 Å². The Kier molecular flexibility index (Phi) is 5.43. The second-order valence-electron chi connectivity index (χ2n) is 7.18. The van der Waals surface area contributed by atoms with Gasteiger partial charge in [-0.3, -0.25) is 15.6 Å². The molecule has 0 aliphatic carbocycles. The summed E-state index contributed by atoms with van der Waals surface area (Å²) in [4.78, 5) is 24.3. The summed E-state index contributed by atoms with van der Waals surface area (Å²) in [5.74, 6) is -0.164. The molecule has 0 aliphatic rings. The molecule has 0 bridgehead atoms. The molecule has 2 aromatic heterocycles. The molecule has 30 heavy (non-hydrogen) atoms. The van der Waals surface area contributed by atoms with Gasteiger partial charge in [-0.25, -0.2) is 14.4 Å². The van der Waals surface area contributed by atoms with Gasteiger partial charge in [0.1, 0.15) is 5.82 Å². The van der Waals surface area contributed by atoms with Crippen LogP contribution in [0.3, 0.4) is 0 Å². The fourth-order valence-corrected chi connectivity index (χ4v) is 3.54. The summed E-state index contributed by atoms with van der Waals surface area (Å²) in [7, 11) is 0. The van der Waals surface area contributed by atoms with E-state index in [-0.39, 0.29) is 18.1 Å². The van der Waals surface area contributed by atoms with Crippen molar-refractivity contribution < 1.29 is 9.18 Å². The van der Waals surface area contributed by atoms with E-state index in [4.69, 9.17) is 0 Å². The largest absolute Gasteiger partial charge is 0.354 e. The number of hydrogen-bond acceptors (Lipinski definition) is 4. The molecule has 0 spiro atoms. The Morgan fingerprint density at radius 2 is 1.77 bits per heavy atom. The summed E-state index contributed by atoms with van der Waals surface area (Å²) < 4.78 is 13.9. The topological polar surface area (TPSA) is 82.7 Å². The van der Waals surface area contributed by atoms with Gasteiger partial charge in [0.2, 0.25) is 11.9 Å². The number of H-pyrrole nitrogens is 1. The van der Waals surface area contributed by atoms with Crippen LogP contribution in [0.2, 0.25) is 0 Å². The minimum absolute atomic E-state index is 0.206. The van der Waals surface area contributed by atoms with Gasteiger partial charge in [-0.2, -0.15) is 0 Å². The molecule has 1 amide bonds. The van der Waals surface area contributed by atoms with Crippen LogP contribution in [0.5, 0.6) is 0 Å². The van der Waals surface area contributed by atoms with Crippen LogP contribution in [0.4, 0.5) is 10.3 Å². The molecule has 2 aromatic carbocycles. The normalized spacial score (nSPS) is 10.9. The molecular formula is C23H22FN5O. The third-order valence-electron chi connectivity index (χ3n) is 4.83. The maximum Gasteiger partial charge on any atom is 0.242 e. The Morgan fingerprint density at radius 3 is 2.50 bits per heavy atom. The van der Waals surface area contributed by atoms with Crippen molar-refractivity contribution in [1.82, 2.24) is 20.4 Å². The van der Waals surface area contributed by atoms with Crippen molar-refractivity contribution in [1.29, 1.82) is 0 Å². The molecule has 7 heteroatoms. The first-order valence-corrected chi connectivity index (χ1v) is 9.72. The molecule has 0 unspecified atom stereocenters. The predicted octanol–water partition coefficient (Wildman–Crippen LogP) is 4.46. The van der Waals surface area contributed by atoms with Gasteiger partial charge in [-0.05, 0) is 55.7 Å². The molecule has 0 radical (unpaired) electrons. The molecular weight excluding hydrogens is 381 g/mol. The number of aryl methyl sites for hydroxylation is 3. The molecule has 4 rings (SSSR count). The molecule has 3 N–H and O–H groups in total. The van der Waals surface area contributed by atoms with Crippen molar-refractivity contribution in [3.63, 3.8) is 0 Å². The highest BCUT2D eigenvalue weighted by atomic mass is 19.1.